The van der Waals surface area contributed by atoms with Crippen LogP contribution in [0.3, 0.4) is 0 Å². The molecule has 0 aliphatic heterocycles. The van der Waals surface area contributed by atoms with Crippen molar-refractivity contribution in [3.8, 4) is 0 Å². The molecule has 2 amide bonds. The second-order valence-corrected chi connectivity index (χ2v) is 7.57. The van der Waals surface area contributed by atoms with E-state index in [2.05, 4.69) is 10.6 Å². The molecule has 0 aliphatic rings. The van der Waals surface area contributed by atoms with Crippen LogP contribution < -0.4 is 10.6 Å². The van der Waals surface area contributed by atoms with Gasteiger partial charge in [-0.15, -0.1) is 0 Å². The predicted molar refractivity (Wildman–Crippen MR) is 115 cm³/mol. The number of carbonyl (C=O) groups is 3. The van der Waals surface area contributed by atoms with Crippen LogP contribution >= 0.6 is 0 Å². The van der Waals surface area contributed by atoms with Crippen molar-refractivity contribution >= 4 is 23.7 Å². The highest BCUT2D eigenvalue weighted by Gasteiger charge is 2.29. The maximum atomic E-state index is 13.5. The number of hydrogen-bond acceptors (Lipinski definition) is 6. The SMILES string of the molecule is CC(C)[C@@H](NC(=O)OCc1ccccc1)C(=O)N[C@H](Cc1ccc(F)c([N+](=O)[O-])c1)C(=O)O. The first-order chi connectivity index (χ1) is 15.6. The van der Waals surface area contributed by atoms with E-state index >= 15 is 0 Å². The number of nitrogens with zero attached hydrogens (tertiary/aromatic N) is 1. The van der Waals surface area contributed by atoms with E-state index < -0.39 is 52.4 Å². The Hall–Kier alpha value is -4.02. The van der Waals surface area contributed by atoms with Crippen molar-refractivity contribution in [2.45, 2.75) is 39.0 Å². The number of nitro benzene ring substituents is 1. The molecule has 0 fully saturated rings. The van der Waals surface area contributed by atoms with Gasteiger partial charge in [0.2, 0.25) is 11.7 Å². The highest BCUT2D eigenvalue weighted by Crippen LogP contribution is 2.19. The number of carboxylic acid groups (broad SMARTS) is 1. The summed E-state index contributed by atoms with van der Waals surface area (Å²) in [6.07, 6.45) is -1.18. The zero-order valence-electron chi connectivity index (χ0n) is 18.0. The van der Waals surface area contributed by atoms with Crippen molar-refractivity contribution in [1.82, 2.24) is 10.6 Å². The van der Waals surface area contributed by atoms with Gasteiger partial charge in [-0.2, -0.15) is 4.39 Å². The molecule has 33 heavy (non-hydrogen) atoms. The van der Waals surface area contributed by atoms with Gasteiger partial charge in [0.15, 0.2) is 0 Å². The number of aliphatic carboxylic acids is 1. The lowest BCUT2D eigenvalue weighted by molar-refractivity contribution is -0.387. The van der Waals surface area contributed by atoms with Crippen molar-refractivity contribution in [2.24, 2.45) is 5.92 Å². The van der Waals surface area contributed by atoms with E-state index in [0.717, 1.165) is 17.7 Å². The third-order valence-electron chi connectivity index (χ3n) is 4.70. The van der Waals surface area contributed by atoms with Gasteiger partial charge in [0.25, 0.3) is 0 Å². The van der Waals surface area contributed by atoms with Crippen molar-refractivity contribution < 1.29 is 33.5 Å². The minimum atomic E-state index is -1.47. The molecule has 3 N–H and O–H groups in total. The first kappa shape index (κ1) is 25.2. The Morgan fingerprint density at radius 2 is 1.76 bits per heavy atom. The second kappa shape index (κ2) is 11.6. The number of hydrogen-bond donors (Lipinski definition) is 3. The van der Waals surface area contributed by atoms with Crippen LogP contribution in [0.1, 0.15) is 25.0 Å². The first-order valence-corrected chi connectivity index (χ1v) is 10.0. The predicted octanol–water partition coefficient (Wildman–Crippen LogP) is 2.80. The Labute approximate surface area is 188 Å². The van der Waals surface area contributed by atoms with Crippen molar-refractivity contribution in [3.63, 3.8) is 0 Å². The van der Waals surface area contributed by atoms with Gasteiger partial charge in [-0.05, 0) is 23.1 Å². The van der Waals surface area contributed by atoms with Gasteiger partial charge in [-0.3, -0.25) is 14.9 Å². The van der Waals surface area contributed by atoms with Crippen LogP contribution in [0, 0.1) is 21.8 Å². The molecule has 11 heteroatoms. The van der Waals surface area contributed by atoms with Gasteiger partial charge >= 0.3 is 17.7 Å². The standard InChI is InChI=1S/C22H24FN3O7/c1-13(2)19(25-22(30)33-12-14-6-4-3-5-7-14)20(27)24-17(21(28)29)10-15-8-9-16(23)18(11-15)26(31)32/h3-9,11,13,17,19H,10,12H2,1-2H3,(H,24,27)(H,25,30)(H,28,29)/t17-,19-/m1/s1. The number of ether oxygens (including phenoxy) is 1. The highest BCUT2D eigenvalue weighted by molar-refractivity contribution is 5.89. The van der Waals surface area contributed by atoms with Crippen LogP contribution in [-0.2, 0) is 27.4 Å². The van der Waals surface area contributed by atoms with E-state index in [-0.39, 0.29) is 18.6 Å². The number of nitrogens with one attached hydrogen (secondary N) is 2. The van der Waals surface area contributed by atoms with E-state index in [1.54, 1.807) is 38.1 Å². The summed E-state index contributed by atoms with van der Waals surface area (Å²) in [4.78, 5) is 46.5. The van der Waals surface area contributed by atoms with Crippen LogP contribution in [0.2, 0.25) is 0 Å². The Kier molecular flexibility index (Phi) is 8.84. The van der Waals surface area contributed by atoms with E-state index in [4.69, 9.17) is 4.74 Å². The minimum Gasteiger partial charge on any atom is -0.480 e. The molecule has 0 aromatic heterocycles. The van der Waals surface area contributed by atoms with Crippen molar-refractivity contribution in [3.05, 3.63) is 75.6 Å². The van der Waals surface area contributed by atoms with Gasteiger partial charge < -0.3 is 20.5 Å². The maximum Gasteiger partial charge on any atom is 0.408 e. The summed E-state index contributed by atoms with van der Waals surface area (Å²) < 4.78 is 18.6. The molecule has 0 spiro atoms. The number of carbonyl (C=O) groups excluding carboxylic acids is 2. The third kappa shape index (κ3) is 7.56. The number of amides is 2. The molecular weight excluding hydrogens is 437 g/mol. The van der Waals surface area contributed by atoms with Crippen molar-refractivity contribution in [2.75, 3.05) is 0 Å². The van der Waals surface area contributed by atoms with Gasteiger partial charge in [-0.1, -0.05) is 50.2 Å². The summed E-state index contributed by atoms with van der Waals surface area (Å²) in [5, 5.41) is 25.1. The van der Waals surface area contributed by atoms with Gasteiger partial charge in [-0.25, -0.2) is 9.59 Å². The lowest BCUT2D eigenvalue weighted by Crippen LogP contribution is -2.54. The largest absolute Gasteiger partial charge is 0.480 e. The number of carboxylic acids is 1. The molecule has 2 aromatic rings. The molecule has 0 radical (unpaired) electrons. The summed E-state index contributed by atoms with van der Waals surface area (Å²) in [6.45, 7) is 3.29. The molecule has 0 bridgehead atoms. The number of alkyl carbamates (subject to hydrolysis) is 1. The average molecular weight is 461 g/mol. The van der Waals surface area contributed by atoms with E-state index in [1.165, 1.54) is 6.07 Å². The van der Waals surface area contributed by atoms with Crippen LogP contribution in [-0.4, -0.2) is 40.1 Å². The van der Waals surface area contributed by atoms with Crippen LogP contribution in [0.5, 0.6) is 0 Å². The molecule has 0 heterocycles. The summed E-state index contributed by atoms with van der Waals surface area (Å²) in [5.41, 5.74) is 0.0931. The lowest BCUT2D eigenvalue weighted by atomic mass is 10.0. The number of rotatable bonds is 10. The molecule has 176 valence electrons. The smallest absolute Gasteiger partial charge is 0.408 e. The van der Waals surface area contributed by atoms with Gasteiger partial charge in [0, 0.05) is 12.5 Å². The Morgan fingerprint density at radius 1 is 1.09 bits per heavy atom. The molecular formula is C22H24FN3O7. The second-order valence-electron chi connectivity index (χ2n) is 7.57. The molecule has 0 saturated heterocycles. The summed E-state index contributed by atoms with van der Waals surface area (Å²) >= 11 is 0. The molecule has 0 aliphatic carbocycles. The van der Waals surface area contributed by atoms with Crippen LogP contribution in [0.25, 0.3) is 0 Å². The third-order valence-corrected chi connectivity index (χ3v) is 4.70. The fourth-order valence-electron chi connectivity index (χ4n) is 2.95. The summed E-state index contributed by atoms with van der Waals surface area (Å²) in [5.74, 6) is -3.64. The number of benzene rings is 2. The molecule has 2 atom stereocenters. The fourth-order valence-corrected chi connectivity index (χ4v) is 2.95. The van der Waals surface area contributed by atoms with Crippen LogP contribution in [0.15, 0.2) is 48.5 Å². The monoisotopic (exact) mass is 461 g/mol. The van der Waals surface area contributed by atoms with Gasteiger partial charge in [0.05, 0.1) is 4.92 Å². The Bertz CT molecular complexity index is 1010. The molecule has 2 rings (SSSR count). The van der Waals surface area contributed by atoms with Crippen molar-refractivity contribution in [1.29, 1.82) is 0 Å². The summed E-state index contributed by atoms with van der Waals surface area (Å²) in [6, 6.07) is 9.30. The molecule has 10 nitrogen and oxygen atoms in total. The van der Waals surface area contributed by atoms with E-state index in [1.807, 2.05) is 6.07 Å². The topological polar surface area (TPSA) is 148 Å². The van der Waals surface area contributed by atoms with E-state index in [0.29, 0.717) is 0 Å². The average Bonchev–Trinajstić information content (AvgIpc) is 2.76. The number of halogens is 1. The molecule has 0 saturated carbocycles. The normalized spacial score (nSPS) is 12.5. The molecule has 0 unspecified atom stereocenters. The molecule has 2 aromatic carbocycles. The number of nitro groups is 1. The van der Waals surface area contributed by atoms with Crippen LogP contribution in [0.4, 0.5) is 14.9 Å². The summed E-state index contributed by atoms with van der Waals surface area (Å²) in [7, 11) is 0. The zero-order chi connectivity index (χ0) is 24.5. The zero-order valence-corrected chi connectivity index (χ0v) is 18.0. The van der Waals surface area contributed by atoms with E-state index in [9.17, 15) is 34.0 Å². The Balaban J connectivity index is 2.05. The fraction of sp³-hybridized carbons (Fsp3) is 0.318. The highest BCUT2D eigenvalue weighted by atomic mass is 19.1. The Morgan fingerprint density at radius 3 is 2.33 bits per heavy atom. The van der Waals surface area contributed by atoms with Gasteiger partial charge in [0.1, 0.15) is 18.7 Å². The quantitative estimate of drug-likeness (QED) is 0.364. The lowest BCUT2D eigenvalue weighted by Gasteiger charge is -2.24. The minimum absolute atomic E-state index is 0.0137. The maximum absolute atomic E-state index is 13.5. The first-order valence-electron chi connectivity index (χ1n) is 10.0.